The van der Waals surface area contributed by atoms with Gasteiger partial charge < -0.3 is 10.8 Å². The van der Waals surface area contributed by atoms with E-state index in [1.807, 2.05) is 0 Å². The first kappa shape index (κ1) is 8.64. The van der Waals surface area contributed by atoms with Crippen LogP contribution in [-0.2, 0) is 4.79 Å². The summed E-state index contributed by atoms with van der Waals surface area (Å²) in [6, 6.07) is 2.29. The van der Waals surface area contributed by atoms with Gasteiger partial charge in [-0.3, -0.25) is 9.20 Å². The first-order chi connectivity index (χ1) is 6.68. The van der Waals surface area contributed by atoms with Crippen LogP contribution in [0.25, 0.3) is 5.65 Å². The van der Waals surface area contributed by atoms with Crippen molar-refractivity contribution in [3.8, 4) is 0 Å². The number of aliphatic carboxylic acids is 1. The molecule has 0 radical (unpaired) electrons. The summed E-state index contributed by atoms with van der Waals surface area (Å²) >= 11 is 0. The number of aromatic nitrogens is 3. The topological polar surface area (TPSA) is 93.5 Å². The van der Waals surface area contributed by atoms with E-state index in [4.69, 9.17) is 10.8 Å². The molecule has 2 aromatic heterocycles. The van der Waals surface area contributed by atoms with Gasteiger partial charge in [-0.25, -0.2) is 0 Å². The smallest absolute Gasteiger partial charge is 0.325 e. The zero-order chi connectivity index (χ0) is 10.1. The normalized spacial score (nSPS) is 12.9. The maximum absolute atomic E-state index is 10.6. The number of nitrogens with two attached hydrogens (primary N) is 1. The number of hydrogen-bond donors (Lipinski definition) is 2. The predicted molar refractivity (Wildman–Crippen MR) is 47.6 cm³/mol. The molecule has 0 aliphatic carbocycles. The Labute approximate surface area is 79.0 Å². The third-order valence-corrected chi connectivity index (χ3v) is 1.94. The second-order valence-corrected chi connectivity index (χ2v) is 2.87. The monoisotopic (exact) mass is 192 g/mol. The molecule has 3 N–H and O–H groups in total. The highest BCUT2D eigenvalue weighted by Crippen LogP contribution is 2.11. The Balaban J connectivity index is 2.48. The minimum absolute atomic E-state index is 0.518. The fraction of sp³-hybridized carbons (Fsp3) is 0.125. The lowest BCUT2D eigenvalue weighted by molar-refractivity contribution is -0.138. The van der Waals surface area contributed by atoms with Crippen LogP contribution in [0.4, 0.5) is 0 Å². The van der Waals surface area contributed by atoms with Gasteiger partial charge in [-0.2, -0.15) is 0 Å². The predicted octanol–water partition coefficient (Wildman–Crippen LogP) is -0.186. The van der Waals surface area contributed by atoms with Gasteiger partial charge in [-0.1, -0.05) is 6.07 Å². The number of nitrogens with zero attached hydrogens (tertiary/aromatic N) is 3. The zero-order valence-electron chi connectivity index (χ0n) is 7.16. The molecule has 6 heteroatoms. The van der Waals surface area contributed by atoms with Crippen LogP contribution in [0.2, 0.25) is 0 Å². The molecular formula is C8H8N4O2. The minimum atomic E-state index is -1.06. The van der Waals surface area contributed by atoms with Crippen molar-refractivity contribution < 1.29 is 9.90 Å². The van der Waals surface area contributed by atoms with Crippen molar-refractivity contribution in [3.63, 3.8) is 0 Å². The SMILES string of the molecule is NC(C(=O)O)c1ccc2nncn2c1. The summed E-state index contributed by atoms with van der Waals surface area (Å²) in [6.07, 6.45) is 3.10. The molecule has 0 bridgehead atoms. The Hall–Kier alpha value is -1.95. The first-order valence-electron chi connectivity index (χ1n) is 3.96. The van der Waals surface area contributed by atoms with Gasteiger partial charge in [0.2, 0.25) is 0 Å². The van der Waals surface area contributed by atoms with E-state index < -0.39 is 12.0 Å². The maximum Gasteiger partial charge on any atom is 0.325 e. The summed E-state index contributed by atoms with van der Waals surface area (Å²) in [7, 11) is 0. The van der Waals surface area contributed by atoms with Gasteiger partial charge >= 0.3 is 5.97 Å². The summed E-state index contributed by atoms with van der Waals surface area (Å²) in [6.45, 7) is 0. The number of pyridine rings is 1. The number of carboxylic acids is 1. The highest BCUT2D eigenvalue weighted by molar-refractivity contribution is 5.75. The average Bonchev–Trinajstić information content (AvgIpc) is 2.62. The van der Waals surface area contributed by atoms with Gasteiger partial charge in [0.05, 0.1) is 0 Å². The Morgan fingerprint density at radius 1 is 1.57 bits per heavy atom. The molecule has 72 valence electrons. The highest BCUT2D eigenvalue weighted by atomic mass is 16.4. The second-order valence-electron chi connectivity index (χ2n) is 2.87. The van der Waals surface area contributed by atoms with Crippen LogP contribution in [0.1, 0.15) is 11.6 Å². The fourth-order valence-corrected chi connectivity index (χ4v) is 1.17. The zero-order valence-corrected chi connectivity index (χ0v) is 7.16. The van der Waals surface area contributed by atoms with Crippen LogP contribution in [0, 0.1) is 0 Å². The summed E-state index contributed by atoms with van der Waals surface area (Å²) in [5, 5.41) is 16.2. The third kappa shape index (κ3) is 1.31. The Morgan fingerprint density at radius 2 is 2.36 bits per heavy atom. The van der Waals surface area contributed by atoms with E-state index in [1.165, 1.54) is 6.33 Å². The largest absolute Gasteiger partial charge is 0.480 e. The van der Waals surface area contributed by atoms with E-state index in [0.29, 0.717) is 11.2 Å². The molecule has 1 atom stereocenters. The molecule has 0 aromatic carbocycles. The maximum atomic E-state index is 10.6. The van der Waals surface area contributed by atoms with E-state index in [2.05, 4.69) is 10.2 Å². The van der Waals surface area contributed by atoms with Gasteiger partial charge in [-0.05, 0) is 11.6 Å². The van der Waals surface area contributed by atoms with Gasteiger partial charge in [-0.15, -0.1) is 10.2 Å². The van der Waals surface area contributed by atoms with E-state index in [1.54, 1.807) is 22.7 Å². The second kappa shape index (κ2) is 3.08. The van der Waals surface area contributed by atoms with Gasteiger partial charge in [0.15, 0.2) is 5.65 Å². The lowest BCUT2D eigenvalue weighted by Crippen LogP contribution is -2.20. The standard InChI is InChI=1S/C8H8N4O2/c9-7(8(13)14)5-1-2-6-11-10-4-12(6)3-5/h1-4,7H,9H2,(H,13,14). The molecule has 1 unspecified atom stereocenters. The molecule has 6 nitrogen and oxygen atoms in total. The van der Waals surface area contributed by atoms with Crippen molar-refractivity contribution in [1.82, 2.24) is 14.6 Å². The van der Waals surface area contributed by atoms with E-state index in [-0.39, 0.29) is 0 Å². The van der Waals surface area contributed by atoms with Gasteiger partial charge in [0, 0.05) is 6.20 Å². The summed E-state index contributed by atoms with van der Waals surface area (Å²) < 4.78 is 1.62. The molecule has 0 aliphatic rings. The number of carboxylic acid groups (broad SMARTS) is 1. The van der Waals surface area contributed by atoms with E-state index in [9.17, 15) is 4.79 Å². The van der Waals surface area contributed by atoms with Crippen LogP contribution < -0.4 is 5.73 Å². The summed E-state index contributed by atoms with van der Waals surface area (Å²) in [4.78, 5) is 10.6. The molecule has 0 saturated heterocycles. The molecule has 0 fully saturated rings. The van der Waals surface area contributed by atoms with Crippen molar-refractivity contribution in [2.45, 2.75) is 6.04 Å². The van der Waals surface area contributed by atoms with Crippen LogP contribution in [0.3, 0.4) is 0 Å². The highest BCUT2D eigenvalue weighted by Gasteiger charge is 2.14. The molecule has 14 heavy (non-hydrogen) atoms. The quantitative estimate of drug-likeness (QED) is 0.688. The Kier molecular flexibility index (Phi) is 1.90. The fourth-order valence-electron chi connectivity index (χ4n) is 1.17. The molecule has 0 spiro atoms. The summed E-state index contributed by atoms with van der Waals surface area (Å²) in [5.74, 6) is -1.06. The lowest BCUT2D eigenvalue weighted by atomic mass is 10.1. The Bertz CT molecular complexity index is 479. The average molecular weight is 192 g/mol. The van der Waals surface area contributed by atoms with Crippen molar-refractivity contribution >= 4 is 11.6 Å². The molecule has 2 heterocycles. The lowest BCUT2D eigenvalue weighted by Gasteiger charge is -2.05. The molecule has 2 rings (SSSR count). The van der Waals surface area contributed by atoms with Gasteiger partial charge in [0.25, 0.3) is 0 Å². The third-order valence-electron chi connectivity index (χ3n) is 1.94. The van der Waals surface area contributed by atoms with Crippen molar-refractivity contribution in [3.05, 3.63) is 30.2 Å². The van der Waals surface area contributed by atoms with E-state index in [0.717, 1.165) is 0 Å². The summed E-state index contributed by atoms with van der Waals surface area (Å²) in [5.41, 5.74) is 6.62. The molecule has 0 aliphatic heterocycles. The molecule has 0 amide bonds. The van der Waals surface area contributed by atoms with Crippen molar-refractivity contribution in [1.29, 1.82) is 0 Å². The van der Waals surface area contributed by atoms with Crippen molar-refractivity contribution in [2.75, 3.05) is 0 Å². The molecular weight excluding hydrogens is 184 g/mol. The van der Waals surface area contributed by atoms with Crippen LogP contribution in [0.15, 0.2) is 24.7 Å². The van der Waals surface area contributed by atoms with E-state index >= 15 is 0 Å². The minimum Gasteiger partial charge on any atom is -0.480 e. The number of rotatable bonds is 2. The number of hydrogen-bond acceptors (Lipinski definition) is 4. The van der Waals surface area contributed by atoms with Crippen molar-refractivity contribution in [2.24, 2.45) is 5.73 Å². The molecule has 0 saturated carbocycles. The van der Waals surface area contributed by atoms with Crippen LogP contribution in [0.5, 0.6) is 0 Å². The van der Waals surface area contributed by atoms with Crippen LogP contribution >= 0.6 is 0 Å². The first-order valence-corrected chi connectivity index (χ1v) is 3.96. The van der Waals surface area contributed by atoms with Gasteiger partial charge in [0.1, 0.15) is 12.4 Å². The number of carbonyl (C=O) groups is 1. The number of fused-ring (bicyclic) bond motifs is 1. The van der Waals surface area contributed by atoms with Crippen LogP contribution in [-0.4, -0.2) is 25.7 Å². The Morgan fingerprint density at radius 3 is 3.07 bits per heavy atom. The molecule has 2 aromatic rings.